The molecule has 33 heavy (non-hydrogen) atoms. The number of carboxylic acid groups (broad SMARTS) is 1. The van der Waals surface area contributed by atoms with Crippen LogP contribution in [0.1, 0.15) is 41.4 Å². The summed E-state index contributed by atoms with van der Waals surface area (Å²) < 4.78 is 20.5. The summed E-state index contributed by atoms with van der Waals surface area (Å²) in [6.45, 7) is 3.50. The number of hydrogen-bond donors (Lipinski definition) is 0. The minimum absolute atomic E-state index is 0.0274. The molecule has 2 heterocycles. The summed E-state index contributed by atoms with van der Waals surface area (Å²) in [6, 6.07) is 10.7. The molecule has 1 atom stereocenters. The minimum Gasteiger partial charge on any atom is -0.545 e. The Morgan fingerprint density at radius 1 is 1.18 bits per heavy atom. The largest absolute Gasteiger partial charge is 0.545 e. The first-order valence-corrected chi connectivity index (χ1v) is 10.9. The lowest BCUT2D eigenvalue weighted by Crippen LogP contribution is -2.39. The van der Waals surface area contributed by atoms with E-state index in [0.29, 0.717) is 26.2 Å². The second-order valence-electron chi connectivity index (χ2n) is 7.26. The zero-order valence-electron chi connectivity index (χ0n) is 17.7. The Morgan fingerprint density at radius 2 is 1.85 bits per heavy atom. The molecule has 0 amide bonds. The van der Waals surface area contributed by atoms with Gasteiger partial charge in [-0.3, -0.25) is 9.36 Å². The van der Waals surface area contributed by atoms with Crippen LogP contribution >= 0.6 is 11.3 Å². The molecule has 2 aromatic carbocycles. The van der Waals surface area contributed by atoms with Crippen molar-refractivity contribution in [2.45, 2.75) is 19.9 Å². The Labute approximate surface area is 191 Å². The summed E-state index contributed by atoms with van der Waals surface area (Å²) in [4.78, 5) is 42.0. The highest BCUT2D eigenvalue weighted by Gasteiger charge is 2.33. The van der Waals surface area contributed by atoms with Gasteiger partial charge in [-0.15, -0.1) is 0 Å². The summed E-state index contributed by atoms with van der Waals surface area (Å²) in [6.07, 6.45) is 1.62. The van der Waals surface area contributed by atoms with Crippen molar-refractivity contribution in [2.24, 2.45) is 4.99 Å². The van der Waals surface area contributed by atoms with E-state index in [-0.39, 0.29) is 23.3 Å². The Morgan fingerprint density at radius 3 is 2.45 bits per heavy atom. The number of hydrogen-bond acceptors (Lipinski definition) is 7. The van der Waals surface area contributed by atoms with E-state index in [4.69, 9.17) is 4.74 Å². The molecule has 0 aliphatic carbocycles. The number of ether oxygens (including phenoxy) is 1. The number of esters is 1. The molecule has 7 nitrogen and oxygen atoms in total. The topological polar surface area (TPSA) is 101 Å². The van der Waals surface area contributed by atoms with Gasteiger partial charge in [-0.05, 0) is 48.7 Å². The van der Waals surface area contributed by atoms with Gasteiger partial charge in [0.05, 0.1) is 34.4 Å². The number of halogens is 1. The Hall–Kier alpha value is -3.85. The average Bonchev–Trinajstić information content (AvgIpc) is 3.08. The highest BCUT2D eigenvalue weighted by atomic mass is 32.1. The van der Waals surface area contributed by atoms with Crippen molar-refractivity contribution in [1.29, 1.82) is 0 Å². The van der Waals surface area contributed by atoms with Crippen LogP contribution in [0.3, 0.4) is 0 Å². The molecule has 9 heteroatoms. The third-order valence-electron chi connectivity index (χ3n) is 5.15. The molecule has 0 saturated heterocycles. The number of carbonyl (C=O) groups excluding carboxylic acids is 2. The van der Waals surface area contributed by atoms with Crippen LogP contribution in [0.15, 0.2) is 69.6 Å². The van der Waals surface area contributed by atoms with Crippen LogP contribution < -0.4 is 20.0 Å². The van der Waals surface area contributed by atoms with Gasteiger partial charge in [0.1, 0.15) is 5.82 Å². The van der Waals surface area contributed by atoms with Gasteiger partial charge in [0.2, 0.25) is 0 Å². The van der Waals surface area contributed by atoms with Crippen molar-refractivity contribution in [1.82, 2.24) is 4.57 Å². The molecule has 0 unspecified atom stereocenters. The van der Waals surface area contributed by atoms with Crippen LogP contribution in [-0.2, 0) is 9.53 Å². The lowest BCUT2D eigenvalue weighted by molar-refractivity contribution is -0.255. The SMILES string of the molecule is CCOC(=O)C1=C(C)N=c2s/c(=C/c3ccc(C(=O)[O-])cc3)c(=O)n2[C@@H]1c1ccc(F)cc1. The predicted octanol–water partition coefficient (Wildman–Crippen LogP) is 1.30. The third kappa shape index (κ3) is 4.27. The number of aromatic nitrogens is 1. The van der Waals surface area contributed by atoms with Gasteiger partial charge >= 0.3 is 5.97 Å². The normalized spacial score (nSPS) is 15.7. The Balaban J connectivity index is 1.90. The van der Waals surface area contributed by atoms with Gasteiger partial charge in [0.25, 0.3) is 5.56 Å². The highest BCUT2D eigenvalue weighted by molar-refractivity contribution is 7.07. The monoisotopic (exact) mass is 465 g/mol. The number of fused-ring (bicyclic) bond motifs is 1. The fraction of sp³-hybridized carbons (Fsp3) is 0.167. The molecule has 0 radical (unpaired) electrons. The molecule has 1 aliphatic rings. The van der Waals surface area contributed by atoms with Crippen LogP contribution in [0.5, 0.6) is 0 Å². The van der Waals surface area contributed by atoms with E-state index in [0.717, 1.165) is 11.3 Å². The molecule has 0 saturated carbocycles. The maximum absolute atomic E-state index is 13.6. The van der Waals surface area contributed by atoms with Crippen molar-refractivity contribution in [3.63, 3.8) is 0 Å². The van der Waals surface area contributed by atoms with Crippen molar-refractivity contribution in [2.75, 3.05) is 6.61 Å². The molecular formula is C24H18FN2O5S-. The van der Waals surface area contributed by atoms with Crippen molar-refractivity contribution >= 4 is 29.4 Å². The van der Waals surface area contributed by atoms with Crippen molar-refractivity contribution < 1.29 is 23.8 Å². The van der Waals surface area contributed by atoms with Gasteiger partial charge in [-0.2, -0.15) is 0 Å². The number of nitrogens with zero attached hydrogens (tertiary/aromatic N) is 2. The number of thiazole rings is 1. The summed E-state index contributed by atoms with van der Waals surface area (Å²) in [5.74, 6) is -2.33. The number of carboxylic acids is 1. The molecule has 0 fully saturated rings. The van der Waals surface area contributed by atoms with E-state index in [9.17, 15) is 23.9 Å². The summed E-state index contributed by atoms with van der Waals surface area (Å²) in [5, 5.41) is 11.0. The molecule has 1 aromatic heterocycles. The van der Waals surface area contributed by atoms with Crippen molar-refractivity contribution in [3.8, 4) is 0 Å². The molecule has 3 aromatic rings. The zero-order valence-corrected chi connectivity index (χ0v) is 18.5. The Bertz CT molecular complexity index is 1450. The summed E-state index contributed by atoms with van der Waals surface area (Å²) in [7, 11) is 0. The predicted molar refractivity (Wildman–Crippen MR) is 118 cm³/mol. The van der Waals surface area contributed by atoms with Crippen LogP contribution in [0.4, 0.5) is 4.39 Å². The molecule has 0 spiro atoms. The van der Waals surface area contributed by atoms with Gasteiger partial charge < -0.3 is 14.6 Å². The van der Waals surface area contributed by atoms with Gasteiger partial charge in [0.15, 0.2) is 4.80 Å². The van der Waals surface area contributed by atoms with Gasteiger partial charge in [0, 0.05) is 0 Å². The highest BCUT2D eigenvalue weighted by Crippen LogP contribution is 2.30. The van der Waals surface area contributed by atoms with E-state index in [2.05, 4.69) is 4.99 Å². The lowest BCUT2D eigenvalue weighted by atomic mass is 9.96. The molecule has 0 N–H and O–H groups in total. The van der Waals surface area contributed by atoms with Crippen LogP contribution in [0.25, 0.3) is 6.08 Å². The first-order chi connectivity index (χ1) is 15.8. The van der Waals surface area contributed by atoms with E-state index in [1.54, 1.807) is 32.1 Å². The number of benzene rings is 2. The van der Waals surface area contributed by atoms with Crippen molar-refractivity contribution in [3.05, 3.63) is 102 Å². The van der Waals surface area contributed by atoms with Gasteiger partial charge in [-0.25, -0.2) is 14.2 Å². The van der Waals surface area contributed by atoms with Crippen LogP contribution in [0.2, 0.25) is 0 Å². The molecule has 168 valence electrons. The molecule has 4 rings (SSSR count). The number of carbonyl (C=O) groups is 2. The number of allylic oxidation sites excluding steroid dienone is 1. The molecule has 0 bridgehead atoms. The quantitative estimate of drug-likeness (QED) is 0.529. The van der Waals surface area contributed by atoms with E-state index in [1.807, 2.05) is 0 Å². The van der Waals surface area contributed by atoms with E-state index < -0.39 is 23.8 Å². The summed E-state index contributed by atoms with van der Waals surface area (Å²) >= 11 is 1.14. The van der Waals surface area contributed by atoms with Crippen LogP contribution in [0, 0.1) is 5.82 Å². The van der Waals surface area contributed by atoms with Crippen LogP contribution in [-0.4, -0.2) is 23.1 Å². The number of aromatic carboxylic acids is 1. The second kappa shape index (κ2) is 8.95. The maximum atomic E-state index is 13.6. The van der Waals surface area contributed by atoms with E-state index >= 15 is 0 Å². The summed E-state index contributed by atoms with van der Waals surface area (Å²) in [5.41, 5.74) is 1.42. The second-order valence-corrected chi connectivity index (χ2v) is 8.27. The first-order valence-electron chi connectivity index (χ1n) is 10.1. The number of rotatable bonds is 5. The maximum Gasteiger partial charge on any atom is 0.338 e. The zero-order chi connectivity index (χ0) is 23.7. The molecular weight excluding hydrogens is 447 g/mol. The van der Waals surface area contributed by atoms with E-state index in [1.165, 1.54) is 41.0 Å². The first kappa shape index (κ1) is 22.3. The standard InChI is InChI=1S/C24H19FN2O5S/c1-3-32-23(31)19-13(2)26-24-27(20(19)15-8-10-17(25)11-9-15)21(28)18(33-24)12-14-4-6-16(7-5-14)22(29)30/h4-12,20H,3H2,1-2H3,(H,29,30)/p-1/b18-12+/t20-/m1/s1. The minimum atomic E-state index is -1.29. The fourth-order valence-corrected chi connectivity index (χ4v) is 4.67. The fourth-order valence-electron chi connectivity index (χ4n) is 3.62. The average molecular weight is 465 g/mol. The smallest absolute Gasteiger partial charge is 0.338 e. The lowest BCUT2D eigenvalue weighted by Gasteiger charge is -2.24. The van der Waals surface area contributed by atoms with Gasteiger partial charge in [-0.1, -0.05) is 47.7 Å². The third-order valence-corrected chi connectivity index (χ3v) is 6.13. The molecule has 1 aliphatic heterocycles. The Kier molecular flexibility index (Phi) is 6.06.